The van der Waals surface area contributed by atoms with Crippen LogP contribution in [0.15, 0.2) is 18.6 Å². The predicted octanol–water partition coefficient (Wildman–Crippen LogP) is 2.83. The number of rotatable bonds is 1. The highest BCUT2D eigenvalue weighted by molar-refractivity contribution is 5.87. The van der Waals surface area contributed by atoms with E-state index in [-0.39, 0.29) is 0 Å². The third-order valence-corrected chi connectivity index (χ3v) is 6.40. The number of nitrogens with one attached hydrogen (secondary N) is 1. The van der Waals surface area contributed by atoms with Crippen LogP contribution in [-0.2, 0) is 0 Å². The van der Waals surface area contributed by atoms with Gasteiger partial charge >= 0.3 is 0 Å². The summed E-state index contributed by atoms with van der Waals surface area (Å²) < 4.78 is 0. The summed E-state index contributed by atoms with van der Waals surface area (Å²) in [5.41, 5.74) is 1.48. The van der Waals surface area contributed by atoms with E-state index >= 15 is 0 Å². The molecule has 0 spiro atoms. The topological polar surface area (TPSA) is 44.8 Å². The lowest BCUT2D eigenvalue weighted by Gasteiger charge is -2.34. The third-order valence-electron chi connectivity index (χ3n) is 6.40. The van der Waals surface area contributed by atoms with Gasteiger partial charge in [-0.15, -0.1) is 0 Å². The van der Waals surface area contributed by atoms with Crippen molar-refractivity contribution in [1.82, 2.24) is 15.0 Å². The maximum atomic E-state index is 4.58. The minimum atomic E-state index is 0.524. The van der Waals surface area contributed by atoms with Gasteiger partial charge < -0.3 is 9.88 Å². The number of hydrogen-bond donors (Lipinski definition) is 1. The van der Waals surface area contributed by atoms with Crippen LogP contribution >= 0.6 is 0 Å². The van der Waals surface area contributed by atoms with Gasteiger partial charge in [0.25, 0.3) is 0 Å². The largest absolute Gasteiger partial charge is 0.355 e. The second-order valence-corrected chi connectivity index (χ2v) is 7.20. The van der Waals surface area contributed by atoms with Gasteiger partial charge in [0.1, 0.15) is 17.8 Å². The first-order valence-electron chi connectivity index (χ1n) is 7.79. The minimum Gasteiger partial charge on any atom is -0.355 e. The number of nitrogens with zero attached hydrogens (tertiary/aromatic N) is 3. The Morgan fingerprint density at radius 2 is 2.30 bits per heavy atom. The zero-order chi connectivity index (χ0) is 13.3. The maximum absolute atomic E-state index is 4.58. The minimum absolute atomic E-state index is 0.524. The summed E-state index contributed by atoms with van der Waals surface area (Å²) >= 11 is 0. The third kappa shape index (κ3) is 1.23. The van der Waals surface area contributed by atoms with Crippen LogP contribution in [0, 0.1) is 23.2 Å². The summed E-state index contributed by atoms with van der Waals surface area (Å²) in [6.07, 6.45) is 8.06. The van der Waals surface area contributed by atoms with Crippen LogP contribution < -0.4 is 4.90 Å². The highest BCUT2D eigenvalue weighted by atomic mass is 15.2. The molecule has 4 heteroatoms. The molecule has 104 valence electrons. The zero-order valence-electron chi connectivity index (χ0n) is 11.8. The predicted molar refractivity (Wildman–Crippen MR) is 78.5 cm³/mol. The number of aromatic amines is 1. The molecule has 5 rings (SSSR count). The molecule has 0 radical (unpaired) electrons. The van der Waals surface area contributed by atoms with Crippen molar-refractivity contribution >= 4 is 16.9 Å². The van der Waals surface area contributed by atoms with Crippen LogP contribution in [0.1, 0.15) is 26.2 Å². The second kappa shape index (κ2) is 3.54. The summed E-state index contributed by atoms with van der Waals surface area (Å²) in [7, 11) is 0. The SMILES string of the molecule is C[C@]12CN(c3ncnc4[nH]ccc34)CC1[C@@H]1CC[C@H]2C1. The molecule has 2 saturated carbocycles. The number of anilines is 1. The molecule has 0 aromatic carbocycles. The number of aromatic nitrogens is 3. The molecule has 2 aliphatic carbocycles. The van der Waals surface area contributed by atoms with E-state index in [2.05, 4.69) is 32.8 Å². The lowest BCUT2D eigenvalue weighted by atomic mass is 9.70. The fourth-order valence-corrected chi connectivity index (χ4v) is 5.41. The first-order valence-corrected chi connectivity index (χ1v) is 7.79. The van der Waals surface area contributed by atoms with Crippen molar-refractivity contribution in [3.05, 3.63) is 18.6 Å². The Morgan fingerprint density at radius 3 is 3.20 bits per heavy atom. The van der Waals surface area contributed by atoms with Crippen molar-refractivity contribution in [1.29, 1.82) is 0 Å². The van der Waals surface area contributed by atoms with E-state index in [0.717, 1.165) is 29.2 Å². The monoisotopic (exact) mass is 268 g/mol. The van der Waals surface area contributed by atoms with E-state index in [1.54, 1.807) is 6.33 Å². The Kier molecular flexibility index (Phi) is 1.97. The summed E-state index contributed by atoms with van der Waals surface area (Å²) in [6.45, 7) is 4.89. The Morgan fingerprint density at radius 1 is 1.35 bits per heavy atom. The molecule has 2 aromatic rings. The van der Waals surface area contributed by atoms with Crippen LogP contribution in [0.4, 0.5) is 5.82 Å². The van der Waals surface area contributed by atoms with Crippen molar-refractivity contribution < 1.29 is 0 Å². The van der Waals surface area contributed by atoms with E-state index < -0.39 is 0 Å². The summed E-state index contributed by atoms with van der Waals surface area (Å²) in [6, 6.07) is 2.11. The average molecular weight is 268 g/mol. The maximum Gasteiger partial charge on any atom is 0.142 e. The molecule has 3 fully saturated rings. The van der Waals surface area contributed by atoms with E-state index in [9.17, 15) is 0 Å². The fourth-order valence-electron chi connectivity index (χ4n) is 5.41. The molecular weight excluding hydrogens is 248 g/mol. The Balaban J connectivity index is 1.57. The lowest BCUT2D eigenvalue weighted by molar-refractivity contribution is 0.157. The fraction of sp³-hybridized carbons (Fsp3) is 0.625. The molecule has 3 heterocycles. The normalized spacial score (nSPS) is 38.9. The molecule has 20 heavy (non-hydrogen) atoms. The van der Waals surface area contributed by atoms with Crippen LogP contribution in [0.3, 0.4) is 0 Å². The van der Waals surface area contributed by atoms with Gasteiger partial charge in [-0.2, -0.15) is 0 Å². The molecule has 4 atom stereocenters. The Labute approximate surface area is 118 Å². The zero-order valence-corrected chi connectivity index (χ0v) is 11.8. The number of H-pyrrole nitrogens is 1. The summed E-state index contributed by atoms with van der Waals surface area (Å²) in [5.74, 6) is 3.93. The van der Waals surface area contributed by atoms with Crippen LogP contribution in [-0.4, -0.2) is 28.0 Å². The first-order chi connectivity index (χ1) is 9.75. The molecule has 3 aliphatic rings. The Hall–Kier alpha value is -1.58. The Bertz CT molecular complexity index is 678. The average Bonchev–Trinajstić information content (AvgIpc) is 3.18. The van der Waals surface area contributed by atoms with Crippen molar-refractivity contribution in [3.8, 4) is 0 Å². The highest BCUT2D eigenvalue weighted by Crippen LogP contribution is 2.62. The molecule has 1 saturated heterocycles. The highest BCUT2D eigenvalue weighted by Gasteiger charge is 2.59. The lowest BCUT2D eigenvalue weighted by Crippen LogP contribution is -2.33. The van der Waals surface area contributed by atoms with Crippen LogP contribution in [0.2, 0.25) is 0 Å². The van der Waals surface area contributed by atoms with Gasteiger partial charge in [-0.05, 0) is 48.5 Å². The summed E-state index contributed by atoms with van der Waals surface area (Å²) in [5, 5.41) is 1.17. The van der Waals surface area contributed by atoms with Gasteiger partial charge in [0.15, 0.2) is 0 Å². The number of fused-ring (bicyclic) bond motifs is 6. The molecule has 1 unspecified atom stereocenters. The molecule has 1 N–H and O–H groups in total. The molecule has 0 amide bonds. The van der Waals surface area contributed by atoms with Crippen molar-refractivity contribution in [3.63, 3.8) is 0 Å². The number of hydrogen-bond acceptors (Lipinski definition) is 3. The van der Waals surface area contributed by atoms with Gasteiger partial charge in [0, 0.05) is 19.3 Å². The molecule has 2 bridgehead atoms. The van der Waals surface area contributed by atoms with Crippen molar-refractivity contribution in [2.24, 2.45) is 23.2 Å². The van der Waals surface area contributed by atoms with Crippen molar-refractivity contribution in [2.45, 2.75) is 26.2 Å². The van der Waals surface area contributed by atoms with E-state index in [0.29, 0.717) is 5.41 Å². The second-order valence-electron chi connectivity index (χ2n) is 7.20. The molecule has 1 aliphatic heterocycles. The van der Waals surface area contributed by atoms with Gasteiger partial charge in [0.05, 0.1) is 5.39 Å². The standard InChI is InChI=1S/C16H20N4/c1-16-8-20(7-13(16)10-2-3-11(16)6-10)15-12-4-5-17-14(12)18-9-19-15/h4-5,9-11,13H,2-3,6-8H2,1H3,(H,17,18,19)/t10-,11+,13?,16-/m1/s1. The van der Waals surface area contributed by atoms with Gasteiger partial charge in [-0.3, -0.25) is 0 Å². The van der Waals surface area contributed by atoms with E-state index in [1.165, 1.54) is 37.7 Å². The van der Waals surface area contributed by atoms with Gasteiger partial charge in [0.2, 0.25) is 0 Å². The molecular formula is C16H20N4. The quantitative estimate of drug-likeness (QED) is 0.865. The van der Waals surface area contributed by atoms with Gasteiger partial charge in [-0.1, -0.05) is 6.92 Å². The van der Waals surface area contributed by atoms with Gasteiger partial charge in [-0.25, -0.2) is 9.97 Å². The first kappa shape index (κ1) is 11.1. The van der Waals surface area contributed by atoms with E-state index in [1.807, 2.05) is 6.20 Å². The van der Waals surface area contributed by atoms with Crippen LogP contribution in [0.25, 0.3) is 11.0 Å². The molecule has 2 aromatic heterocycles. The smallest absolute Gasteiger partial charge is 0.142 e. The van der Waals surface area contributed by atoms with E-state index in [4.69, 9.17) is 0 Å². The molecule has 4 nitrogen and oxygen atoms in total. The summed E-state index contributed by atoms with van der Waals surface area (Å²) in [4.78, 5) is 14.6. The van der Waals surface area contributed by atoms with Crippen molar-refractivity contribution in [2.75, 3.05) is 18.0 Å². The van der Waals surface area contributed by atoms with Crippen LogP contribution in [0.5, 0.6) is 0 Å².